The van der Waals surface area contributed by atoms with Crippen molar-refractivity contribution in [3.05, 3.63) is 75.8 Å². The van der Waals surface area contributed by atoms with Gasteiger partial charge in [-0.1, -0.05) is 75.2 Å². The lowest BCUT2D eigenvalue weighted by molar-refractivity contribution is 0.263. The molecule has 0 heterocycles. The van der Waals surface area contributed by atoms with Gasteiger partial charge in [0.05, 0.1) is 6.61 Å². The number of hydrogen-bond acceptors (Lipinski definition) is 1. The molecule has 0 radical (unpaired) electrons. The van der Waals surface area contributed by atoms with E-state index in [1.165, 1.54) is 16.7 Å². The average Bonchev–Trinajstić information content (AvgIpc) is 2.70. The summed E-state index contributed by atoms with van der Waals surface area (Å²) in [6.07, 6.45) is 4.51. The molecule has 0 aliphatic heterocycles. The normalized spacial score (nSPS) is 24.7. The molecule has 0 amide bonds. The second-order valence-electron chi connectivity index (χ2n) is 8.23. The van der Waals surface area contributed by atoms with Gasteiger partial charge >= 0.3 is 0 Å². The molecule has 3 rings (SSSR count). The maximum absolute atomic E-state index is 6.57. The van der Waals surface area contributed by atoms with Crippen LogP contribution in [0.15, 0.2) is 54.1 Å². The standard InChI is InChI=1S/C26H33ClO/c1-6-21-16-25(19(5)17(3)18(21)4)22-10-13-26(27)23(15-22)14-20-8-11-24(12-9-20)28-7-2/h8-13,15-19,25H,6-7,14H2,1-5H3/t17-,18-,19+,25-/m0/s1. The Morgan fingerprint density at radius 1 is 0.929 bits per heavy atom. The predicted octanol–water partition coefficient (Wildman–Crippen LogP) is 7.67. The molecule has 0 unspecified atom stereocenters. The number of hydrogen-bond donors (Lipinski definition) is 0. The van der Waals surface area contributed by atoms with Crippen LogP contribution in [0.25, 0.3) is 0 Å². The summed E-state index contributed by atoms with van der Waals surface area (Å²) in [5.74, 6) is 3.38. The van der Waals surface area contributed by atoms with Gasteiger partial charge in [-0.3, -0.25) is 0 Å². The van der Waals surface area contributed by atoms with Gasteiger partial charge in [0.1, 0.15) is 5.75 Å². The van der Waals surface area contributed by atoms with Gasteiger partial charge in [-0.05, 0) is 72.4 Å². The van der Waals surface area contributed by atoms with Crippen LogP contribution >= 0.6 is 11.6 Å². The number of benzene rings is 2. The van der Waals surface area contributed by atoms with Crippen LogP contribution in [0.4, 0.5) is 0 Å². The van der Waals surface area contributed by atoms with Crippen molar-refractivity contribution < 1.29 is 4.74 Å². The minimum absolute atomic E-state index is 0.470. The minimum Gasteiger partial charge on any atom is -0.494 e. The molecule has 0 saturated heterocycles. The Kier molecular flexibility index (Phi) is 6.88. The topological polar surface area (TPSA) is 9.23 Å². The molecular formula is C26H33ClO. The Labute approximate surface area is 175 Å². The fourth-order valence-electron chi connectivity index (χ4n) is 4.52. The van der Waals surface area contributed by atoms with Crippen LogP contribution in [0.2, 0.25) is 5.02 Å². The van der Waals surface area contributed by atoms with Crippen LogP contribution in [0, 0.1) is 17.8 Å². The highest BCUT2D eigenvalue weighted by Gasteiger charge is 2.32. The Bertz CT molecular complexity index is 821. The van der Waals surface area contributed by atoms with Gasteiger partial charge in [0.15, 0.2) is 0 Å². The smallest absolute Gasteiger partial charge is 0.119 e. The molecular weight excluding hydrogens is 364 g/mol. The van der Waals surface area contributed by atoms with Crippen LogP contribution in [0.1, 0.15) is 63.6 Å². The van der Waals surface area contributed by atoms with E-state index in [-0.39, 0.29) is 0 Å². The predicted molar refractivity (Wildman–Crippen MR) is 120 cm³/mol. The number of halogens is 1. The van der Waals surface area contributed by atoms with E-state index in [2.05, 4.69) is 64.1 Å². The number of ether oxygens (including phenoxy) is 1. The maximum Gasteiger partial charge on any atom is 0.119 e. The third-order valence-electron chi connectivity index (χ3n) is 6.65. The number of allylic oxidation sites excluding steroid dienone is 2. The zero-order chi connectivity index (χ0) is 20.3. The van der Waals surface area contributed by atoms with Gasteiger partial charge in [-0.15, -0.1) is 0 Å². The lowest BCUT2D eigenvalue weighted by Gasteiger charge is -2.38. The first-order chi connectivity index (χ1) is 13.4. The van der Waals surface area contributed by atoms with Crippen molar-refractivity contribution in [1.29, 1.82) is 0 Å². The monoisotopic (exact) mass is 396 g/mol. The molecule has 1 nitrogen and oxygen atoms in total. The second-order valence-corrected chi connectivity index (χ2v) is 8.64. The van der Waals surface area contributed by atoms with Crippen LogP contribution < -0.4 is 4.74 Å². The van der Waals surface area contributed by atoms with Gasteiger partial charge in [0.25, 0.3) is 0 Å². The lowest BCUT2D eigenvalue weighted by atomic mass is 9.67. The molecule has 0 spiro atoms. The third kappa shape index (κ3) is 4.46. The van der Waals surface area contributed by atoms with E-state index in [9.17, 15) is 0 Å². The molecule has 0 fully saturated rings. The van der Waals surface area contributed by atoms with Crippen molar-refractivity contribution in [2.45, 2.75) is 53.4 Å². The summed E-state index contributed by atoms with van der Waals surface area (Å²) in [6, 6.07) is 15.0. The fourth-order valence-corrected chi connectivity index (χ4v) is 4.71. The van der Waals surface area contributed by atoms with Gasteiger partial charge in [0.2, 0.25) is 0 Å². The largest absolute Gasteiger partial charge is 0.494 e. The molecule has 0 bridgehead atoms. The van der Waals surface area contributed by atoms with Gasteiger partial charge in [-0.2, -0.15) is 0 Å². The molecule has 28 heavy (non-hydrogen) atoms. The van der Waals surface area contributed by atoms with Crippen molar-refractivity contribution in [1.82, 2.24) is 0 Å². The molecule has 0 N–H and O–H groups in total. The summed E-state index contributed by atoms with van der Waals surface area (Å²) in [6.45, 7) is 12.2. The highest BCUT2D eigenvalue weighted by molar-refractivity contribution is 6.31. The summed E-state index contributed by atoms with van der Waals surface area (Å²) in [5, 5.41) is 0.849. The summed E-state index contributed by atoms with van der Waals surface area (Å²) in [7, 11) is 0. The van der Waals surface area contributed by atoms with Crippen LogP contribution in [-0.2, 0) is 6.42 Å². The molecule has 1 aliphatic rings. The first-order valence-electron chi connectivity index (χ1n) is 10.6. The second kappa shape index (κ2) is 9.18. The molecule has 150 valence electrons. The van der Waals surface area contributed by atoms with Crippen LogP contribution in [-0.4, -0.2) is 6.61 Å². The first kappa shape index (κ1) is 21.0. The highest BCUT2D eigenvalue weighted by atomic mass is 35.5. The lowest BCUT2D eigenvalue weighted by Crippen LogP contribution is -2.28. The zero-order valence-electron chi connectivity index (χ0n) is 17.8. The summed E-state index contributed by atoms with van der Waals surface area (Å²) in [5.41, 5.74) is 5.44. The molecule has 2 aromatic rings. The van der Waals surface area contributed by atoms with Crippen molar-refractivity contribution in [3.63, 3.8) is 0 Å². The molecule has 2 aromatic carbocycles. The van der Waals surface area contributed by atoms with E-state index in [0.717, 1.165) is 23.6 Å². The van der Waals surface area contributed by atoms with E-state index in [1.807, 2.05) is 19.1 Å². The van der Waals surface area contributed by atoms with E-state index in [4.69, 9.17) is 16.3 Å². The summed E-state index contributed by atoms with van der Waals surface area (Å²) < 4.78 is 5.55. The quantitative estimate of drug-likeness (QED) is 0.455. The minimum atomic E-state index is 0.470. The Morgan fingerprint density at radius 3 is 2.29 bits per heavy atom. The fraction of sp³-hybridized carbons (Fsp3) is 0.462. The zero-order valence-corrected chi connectivity index (χ0v) is 18.6. The molecule has 1 aliphatic carbocycles. The first-order valence-corrected chi connectivity index (χ1v) is 11.0. The van der Waals surface area contributed by atoms with Crippen molar-refractivity contribution >= 4 is 11.6 Å². The van der Waals surface area contributed by atoms with Crippen LogP contribution in [0.3, 0.4) is 0 Å². The maximum atomic E-state index is 6.57. The molecule has 4 atom stereocenters. The van der Waals surface area contributed by atoms with Gasteiger partial charge in [0, 0.05) is 10.9 Å². The van der Waals surface area contributed by atoms with Crippen molar-refractivity contribution in [2.75, 3.05) is 6.61 Å². The third-order valence-corrected chi connectivity index (χ3v) is 7.02. The number of rotatable bonds is 6. The van der Waals surface area contributed by atoms with Gasteiger partial charge < -0.3 is 4.74 Å². The van der Waals surface area contributed by atoms with Crippen LogP contribution in [0.5, 0.6) is 5.75 Å². The summed E-state index contributed by atoms with van der Waals surface area (Å²) >= 11 is 6.57. The van der Waals surface area contributed by atoms with Gasteiger partial charge in [-0.25, -0.2) is 0 Å². The Hall–Kier alpha value is -1.73. The van der Waals surface area contributed by atoms with Crippen molar-refractivity contribution in [2.24, 2.45) is 17.8 Å². The van der Waals surface area contributed by atoms with E-state index >= 15 is 0 Å². The SMILES string of the molecule is CCOc1ccc(Cc2cc([C@H]3C=C(CC)[C@@H](C)[C@H](C)[C@H]3C)ccc2Cl)cc1. The Morgan fingerprint density at radius 2 is 1.64 bits per heavy atom. The summed E-state index contributed by atoms with van der Waals surface area (Å²) in [4.78, 5) is 0. The van der Waals surface area contributed by atoms with Crippen molar-refractivity contribution in [3.8, 4) is 5.75 Å². The van der Waals surface area contributed by atoms with E-state index in [1.54, 1.807) is 5.57 Å². The molecule has 2 heteroatoms. The molecule has 0 aromatic heterocycles. The van der Waals surface area contributed by atoms with E-state index < -0.39 is 0 Å². The Balaban J connectivity index is 1.87. The highest BCUT2D eigenvalue weighted by Crippen LogP contribution is 2.44. The average molecular weight is 397 g/mol. The molecule has 0 saturated carbocycles. The van der Waals surface area contributed by atoms with E-state index in [0.29, 0.717) is 30.3 Å².